The molecule has 0 radical (unpaired) electrons. The molecule has 2 aliphatic heterocycles. The summed E-state index contributed by atoms with van der Waals surface area (Å²) in [5.41, 5.74) is -0.0460. The van der Waals surface area contributed by atoms with E-state index in [-0.39, 0.29) is 65.3 Å². The highest BCUT2D eigenvalue weighted by Crippen LogP contribution is 2.53. The van der Waals surface area contributed by atoms with E-state index >= 15 is 17.6 Å². The van der Waals surface area contributed by atoms with Gasteiger partial charge in [-0.25, -0.2) is 17.6 Å². The smallest absolute Gasteiger partial charge is 0.261 e. The zero-order chi connectivity index (χ0) is 38.1. The molecule has 11 aromatic carbocycles. The van der Waals surface area contributed by atoms with Gasteiger partial charge in [-0.1, -0.05) is 48.5 Å². The molecule has 11 aromatic rings. The molecule has 6 nitrogen and oxygen atoms in total. The highest BCUT2D eigenvalue weighted by Gasteiger charge is 2.37. The predicted octanol–water partition coefficient (Wildman–Crippen LogP) is 10.5. The van der Waals surface area contributed by atoms with Crippen molar-refractivity contribution in [1.29, 1.82) is 0 Å². The lowest BCUT2D eigenvalue weighted by molar-refractivity contribution is 0.0635. The second-order valence-electron chi connectivity index (χ2n) is 15.1. The van der Waals surface area contributed by atoms with Crippen LogP contribution in [0.15, 0.2) is 72.8 Å². The maximum atomic E-state index is 16.5. The van der Waals surface area contributed by atoms with Gasteiger partial charge >= 0.3 is 0 Å². The van der Waals surface area contributed by atoms with Crippen LogP contribution in [-0.4, -0.2) is 47.5 Å². The summed E-state index contributed by atoms with van der Waals surface area (Å²) in [6, 6.07) is 19.0. The first-order valence-electron chi connectivity index (χ1n) is 17.8. The van der Waals surface area contributed by atoms with Crippen molar-refractivity contribution in [2.45, 2.75) is 0 Å². The lowest BCUT2D eigenvalue weighted by atomic mass is 9.79. The van der Waals surface area contributed by atoms with Crippen molar-refractivity contribution < 1.29 is 36.7 Å². The third-order valence-corrected chi connectivity index (χ3v) is 12.7. The van der Waals surface area contributed by atoms with Crippen molar-refractivity contribution in [3.05, 3.63) is 118 Å². The standard InChI is InChI=1S/C46H18F4N2O4/c1-51-43(53)23-11-27(47)37-19-7-3-15-17-5-9-21-34-22(40-30(50)14-26-36-25(45(55)52(2)46(26)56)13-29(49)39(21)42(36)40)10-6-18(32(17)34)16-4-8-20(33(19)31(15)16)38-28(48)12-24(44(51)54)35(23)41(37)38/h3-14H,1-2H3. The Morgan fingerprint density at radius 3 is 0.768 bits per heavy atom. The molecule has 0 saturated carbocycles. The lowest BCUT2D eigenvalue weighted by Gasteiger charge is -2.27. The summed E-state index contributed by atoms with van der Waals surface area (Å²) in [4.78, 5) is 54.7. The Balaban J connectivity index is 1.23. The van der Waals surface area contributed by atoms with Gasteiger partial charge in [0.15, 0.2) is 0 Å². The van der Waals surface area contributed by atoms with E-state index in [9.17, 15) is 19.2 Å². The Morgan fingerprint density at radius 1 is 0.304 bits per heavy atom. The van der Waals surface area contributed by atoms with Crippen molar-refractivity contribution in [3.63, 3.8) is 0 Å². The first kappa shape index (κ1) is 30.2. The molecule has 10 heteroatoms. The quantitative estimate of drug-likeness (QED) is 0.0672. The molecule has 2 heterocycles. The Hall–Kier alpha value is -7.20. The number of nitrogens with zero attached hydrogens (tertiary/aromatic N) is 2. The van der Waals surface area contributed by atoms with Crippen LogP contribution in [0.1, 0.15) is 41.4 Å². The Bertz CT molecular complexity index is 3390. The average molecular weight is 739 g/mol. The SMILES string of the molecule is CN1C(=O)c2cc(F)c3c4ccc5c6ccc7c8c(F)cc9c%10c(cc(F)c(c%11ccc(c%12ccc(c%13c(F)cc(c2c3%13)C1=O)c4c5%12)c6c7%11)c%108)C(=O)N(C)C9=O. The number of imide groups is 2. The van der Waals surface area contributed by atoms with Crippen LogP contribution in [0.2, 0.25) is 0 Å². The van der Waals surface area contributed by atoms with Crippen molar-refractivity contribution >= 4 is 131 Å². The van der Waals surface area contributed by atoms with Crippen LogP contribution in [0.5, 0.6) is 0 Å². The molecule has 0 aromatic heterocycles. The number of carbonyl (C=O) groups is 4. The van der Waals surface area contributed by atoms with Crippen LogP contribution in [0, 0.1) is 23.3 Å². The molecular formula is C46H18F4N2O4. The number of halogens is 4. The maximum absolute atomic E-state index is 16.5. The zero-order valence-corrected chi connectivity index (χ0v) is 29.0. The van der Waals surface area contributed by atoms with Crippen LogP contribution in [0.4, 0.5) is 17.6 Å². The van der Waals surface area contributed by atoms with Crippen LogP contribution < -0.4 is 0 Å². The third kappa shape index (κ3) is 3.00. The van der Waals surface area contributed by atoms with Crippen LogP contribution in [-0.2, 0) is 0 Å². The van der Waals surface area contributed by atoms with Gasteiger partial charge in [0.25, 0.3) is 23.6 Å². The Labute approximate surface area is 309 Å². The largest absolute Gasteiger partial charge is 0.277 e. The van der Waals surface area contributed by atoms with Gasteiger partial charge in [-0.3, -0.25) is 29.0 Å². The number of benzene rings is 11. The molecule has 0 bridgehead atoms. The lowest BCUT2D eigenvalue weighted by Crippen LogP contribution is -2.37. The van der Waals surface area contributed by atoms with Crippen molar-refractivity contribution in [3.8, 4) is 0 Å². The van der Waals surface area contributed by atoms with Gasteiger partial charge in [0.2, 0.25) is 0 Å². The maximum Gasteiger partial charge on any atom is 0.261 e. The first-order chi connectivity index (χ1) is 27.0. The number of fused-ring (bicyclic) bond motifs is 6. The molecule has 0 unspecified atom stereocenters. The monoisotopic (exact) mass is 738 g/mol. The molecule has 0 atom stereocenters. The second-order valence-corrected chi connectivity index (χ2v) is 15.1. The van der Waals surface area contributed by atoms with Gasteiger partial charge in [0.1, 0.15) is 23.3 Å². The fraction of sp³-hybridized carbons (Fsp3) is 0.0435. The van der Waals surface area contributed by atoms with Crippen LogP contribution >= 0.6 is 0 Å². The Kier molecular flexibility index (Phi) is 4.94. The van der Waals surface area contributed by atoms with E-state index in [2.05, 4.69) is 0 Å². The number of hydrogen-bond acceptors (Lipinski definition) is 4. The normalized spacial score (nSPS) is 15.0. The molecule has 56 heavy (non-hydrogen) atoms. The van der Waals surface area contributed by atoms with E-state index in [0.29, 0.717) is 32.3 Å². The van der Waals surface area contributed by atoms with Crippen molar-refractivity contribution in [1.82, 2.24) is 9.80 Å². The number of amides is 4. The minimum Gasteiger partial charge on any atom is -0.277 e. The molecule has 0 fully saturated rings. The number of carbonyl (C=O) groups excluding carboxylic acids is 4. The molecule has 2 aliphatic rings. The van der Waals surface area contributed by atoms with Gasteiger partial charge in [-0.05, 0) is 88.9 Å². The number of rotatable bonds is 0. The van der Waals surface area contributed by atoms with E-state index in [1.165, 1.54) is 14.1 Å². The fourth-order valence-electron chi connectivity index (χ4n) is 10.5. The van der Waals surface area contributed by atoms with E-state index in [1.54, 1.807) is 24.3 Å². The summed E-state index contributed by atoms with van der Waals surface area (Å²) >= 11 is 0. The van der Waals surface area contributed by atoms with E-state index < -0.39 is 46.9 Å². The topological polar surface area (TPSA) is 74.8 Å². The third-order valence-electron chi connectivity index (χ3n) is 12.7. The van der Waals surface area contributed by atoms with Crippen molar-refractivity contribution in [2.75, 3.05) is 14.1 Å². The van der Waals surface area contributed by atoms with Gasteiger partial charge in [-0.2, -0.15) is 0 Å². The predicted molar refractivity (Wildman–Crippen MR) is 208 cm³/mol. The zero-order valence-electron chi connectivity index (χ0n) is 29.0. The molecule has 264 valence electrons. The van der Waals surface area contributed by atoms with Gasteiger partial charge < -0.3 is 0 Å². The highest BCUT2D eigenvalue weighted by atomic mass is 19.1. The number of hydrogen-bond donors (Lipinski definition) is 0. The van der Waals surface area contributed by atoms with Gasteiger partial charge in [0, 0.05) is 57.2 Å². The average Bonchev–Trinajstić information content (AvgIpc) is 3.19. The molecule has 0 N–H and O–H groups in total. The summed E-state index contributed by atoms with van der Waals surface area (Å²) < 4.78 is 65.9. The highest BCUT2D eigenvalue weighted by molar-refractivity contribution is 6.47. The van der Waals surface area contributed by atoms with Gasteiger partial charge in [-0.15, -0.1) is 0 Å². The molecule has 0 spiro atoms. The molecule has 0 saturated heterocycles. The molecular weight excluding hydrogens is 721 g/mol. The Morgan fingerprint density at radius 2 is 0.518 bits per heavy atom. The van der Waals surface area contributed by atoms with E-state index in [1.807, 2.05) is 24.3 Å². The van der Waals surface area contributed by atoms with Crippen molar-refractivity contribution in [2.24, 2.45) is 0 Å². The minimum atomic E-state index is -0.722. The van der Waals surface area contributed by atoms with E-state index in [0.717, 1.165) is 66.4 Å². The summed E-state index contributed by atoms with van der Waals surface area (Å²) in [6.07, 6.45) is 0. The second kappa shape index (κ2) is 9.18. The fourth-order valence-corrected chi connectivity index (χ4v) is 10.5. The first-order valence-corrected chi connectivity index (χ1v) is 17.8. The molecule has 0 aliphatic carbocycles. The minimum absolute atomic E-state index is 0.0115. The van der Waals surface area contributed by atoms with E-state index in [4.69, 9.17) is 0 Å². The molecule has 13 rings (SSSR count). The van der Waals surface area contributed by atoms with Crippen LogP contribution in [0.3, 0.4) is 0 Å². The summed E-state index contributed by atoms with van der Waals surface area (Å²) in [5, 5.41) is 8.74. The summed E-state index contributed by atoms with van der Waals surface area (Å²) in [7, 11) is 2.57. The summed E-state index contributed by atoms with van der Waals surface area (Å²) in [5.74, 6) is -5.57. The van der Waals surface area contributed by atoms with Crippen LogP contribution in [0.25, 0.3) is 108 Å². The molecule has 4 amide bonds. The summed E-state index contributed by atoms with van der Waals surface area (Å²) in [6.45, 7) is 0. The van der Waals surface area contributed by atoms with Gasteiger partial charge in [0.05, 0.1) is 22.3 Å².